The van der Waals surface area contributed by atoms with Crippen molar-refractivity contribution in [3.05, 3.63) is 12.7 Å². The van der Waals surface area contributed by atoms with E-state index < -0.39 is 0 Å². The van der Waals surface area contributed by atoms with Gasteiger partial charge in [0, 0.05) is 6.04 Å². The summed E-state index contributed by atoms with van der Waals surface area (Å²) in [6.07, 6.45) is 1.51. The first kappa shape index (κ1) is 8.11. The van der Waals surface area contributed by atoms with Crippen molar-refractivity contribution in [3.63, 3.8) is 0 Å². The van der Waals surface area contributed by atoms with Crippen LogP contribution in [0.15, 0.2) is 12.7 Å². The van der Waals surface area contributed by atoms with Gasteiger partial charge in [-0.2, -0.15) is 0 Å². The number of carbonyl (C=O) groups is 1. The predicted molar refractivity (Wildman–Crippen MR) is 42.3 cm³/mol. The number of cyclic esters (lactones) is 1. The van der Waals surface area contributed by atoms with E-state index >= 15 is 0 Å². The van der Waals surface area contributed by atoms with Gasteiger partial charge in [0.1, 0.15) is 6.61 Å². The molecule has 0 aromatic rings. The molecule has 3 heteroatoms. The first-order chi connectivity index (χ1) is 5.16. The monoisotopic (exact) mass is 155 g/mol. The first-order valence-electron chi connectivity index (χ1n) is 3.74. The Morgan fingerprint density at radius 3 is 2.82 bits per heavy atom. The molecule has 1 amide bonds. The quantitative estimate of drug-likeness (QED) is 0.564. The van der Waals surface area contributed by atoms with Crippen LogP contribution in [0.4, 0.5) is 4.79 Å². The summed E-state index contributed by atoms with van der Waals surface area (Å²) in [7, 11) is 0. The summed E-state index contributed by atoms with van der Waals surface area (Å²) < 4.78 is 4.85. The van der Waals surface area contributed by atoms with E-state index in [1.54, 1.807) is 11.0 Å². The number of hydrogen-bond donors (Lipinski definition) is 0. The third kappa shape index (κ3) is 1.37. The normalized spacial score (nSPS) is 24.1. The lowest BCUT2D eigenvalue weighted by Crippen LogP contribution is -2.37. The van der Waals surface area contributed by atoms with Crippen LogP contribution in [-0.2, 0) is 4.74 Å². The molecule has 1 fully saturated rings. The van der Waals surface area contributed by atoms with Crippen LogP contribution in [0, 0.1) is 0 Å². The summed E-state index contributed by atoms with van der Waals surface area (Å²) >= 11 is 0. The van der Waals surface area contributed by atoms with E-state index in [2.05, 4.69) is 6.58 Å². The Kier molecular flexibility index (Phi) is 2.17. The number of ether oxygens (including phenoxy) is 1. The molecule has 3 nitrogen and oxygen atoms in total. The molecule has 1 unspecified atom stereocenters. The van der Waals surface area contributed by atoms with Gasteiger partial charge in [0.15, 0.2) is 0 Å². The highest BCUT2D eigenvalue weighted by Gasteiger charge is 2.32. The fraction of sp³-hybridized carbons (Fsp3) is 0.625. The molecule has 1 atom stereocenters. The Balaban J connectivity index is 2.71. The maximum absolute atomic E-state index is 11.0. The van der Waals surface area contributed by atoms with Crippen molar-refractivity contribution in [3.8, 4) is 0 Å². The van der Waals surface area contributed by atoms with Gasteiger partial charge in [-0.25, -0.2) is 4.79 Å². The molecule has 0 aromatic heterocycles. The highest BCUT2D eigenvalue weighted by atomic mass is 16.6. The molecular weight excluding hydrogens is 142 g/mol. The zero-order chi connectivity index (χ0) is 8.43. The fourth-order valence-electron chi connectivity index (χ4n) is 1.22. The first-order valence-corrected chi connectivity index (χ1v) is 3.74. The second-order valence-corrected chi connectivity index (χ2v) is 2.88. The van der Waals surface area contributed by atoms with E-state index in [-0.39, 0.29) is 18.2 Å². The van der Waals surface area contributed by atoms with Gasteiger partial charge in [-0.05, 0) is 13.8 Å². The van der Waals surface area contributed by atoms with Gasteiger partial charge in [-0.1, -0.05) is 6.08 Å². The van der Waals surface area contributed by atoms with Crippen LogP contribution in [0.25, 0.3) is 0 Å². The van der Waals surface area contributed by atoms with Gasteiger partial charge in [0.2, 0.25) is 0 Å². The van der Waals surface area contributed by atoms with Crippen LogP contribution >= 0.6 is 0 Å². The number of rotatable bonds is 2. The van der Waals surface area contributed by atoms with Gasteiger partial charge >= 0.3 is 6.09 Å². The zero-order valence-corrected chi connectivity index (χ0v) is 6.91. The molecule has 0 radical (unpaired) electrons. The van der Waals surface area contributed by atoms with Crippen LogP contribution in [0.5, 0.6) is 0 Å². The molecule has 1 saturated heterocycles. The zero-order valence-electron chi connectivity index (χ0n) is 6.91. The minimum Gasteiger partial charge on any atom is -0.447 e. The Hall–Kier alpha value is -0.990. The molecule has 11 heavy (non-hydrogen) atoms. The molecule has 62 valence electrons. The predicted octanol–water partition coefficient (Wildman–Crippen LogP) is 1.40. The van der Waals surface area contributed by atoms with Crippen LogP contribution in [0.3, 0.4) is 0 Å². The van der Waals surface area contributed by atoms with E-state index in [4.69, 9.17) is 4.74 Å². The lowest BCUT2D eigenvalue weighted by atomic mass is 10.2. The van der Waals surface area contributed by atoms with E-state index in [1.165, 1.54) is 0 Å². The Bertz CT molecular complexity index is 177. The fourth-order valence-corrected chi connectivity index (χ4v) is 1.22. The summed E-state index contributed by atoms with van der Waals surface area (Å²) in [5, 5.41) is 0. The van der Waals surface area contributed by atoms with Gasteiger partial charge in [0.25, 0.3) is 0 Å². The molecule has 1 aliphatic rings. The number of nitrogens with zero attached hydrogens (tertiary/aromatic N) is 1. The van der Waals surface area contributed by atoms with Crippen LogP contribution in [-0.4, -0.2) is 29.7 Å². The molecule has 1 heterocycles. The van der Waals surface area contributed by atoms with E-state index in [0.29, 0.717) is 6.61 Å². The van der Waals surface area contributed by atoms with Crippen LogP contribution in [0.1, 0.15) is 13.8 Å². The summed E-state index contributed by atoms with van der Waals surface area (Å²) in [5.41, 5.74) is 0. The molecular formula is C8H13NO2. The third-order valence-electron chi connectivity index (χ3n) is 1.77. The number of hydrogen-bond acceptors (Lipinski definition) is 2. The Morgan fingerprint density at radius 1 is 1.82 bits per heavy atom. The highest BCUT2D eigenvalue weighted by molar-refractivity contribution is 5.70. The van der Waals surface area contributed by atoms with Crippen molar-refractivity contribution >= 4 is 6.09 Å². The lowest BCUT2D eigenvalue weighted by molar-refractivity contribution is 0.151. The summed E-state index contributed by atoms with van der Waals surface area (Å²) in [6.45, 7) is 8.00. The van der Waals surface area contributed by atoms with Gasteiger partial charge in [0.05, 0.1) is 6.04 Å². The summed E-state index contributed by atoms with van der Waals surface area (Å²) in [5.74, 6) is 0. The Morgan fingerprint density at radius 2 is 2.45 bits per heavy atom. The van der Waals surface area contributed by atoms with Crippen molar-refractivity contribution in [1.82, 2.24) is 4.90 Å². The molecule has 0 bridgehead atoms. The molecule has 0 spiro atoms. The van der Waals surface area contributed by atoms with Gasteiger partial charge in [-0.15, -0.1) is 6.58 Å². The topological polar surface area (TPSA) is 29.5 Å². The minimum absolute atomic E-state index is 0.0579. The van der Waals surface area contributed by atoms with E-state index in [1.807, 2.05) is 13.8 Å². The number of amides is 1. The molecule has 0 saturated carbocycles. The molecule has 0 aliphatic carbocycles. The minimum atomic E-state index is -0.232. The maximum Gasteiger partial charge on any atom is 0.410 e. The van der Waals surface area contributed by atoms with Gasteiger partial charge < -0.3 is 4.74 Å². The standard InChI is InChI=1S/C8H13NO2/c1-4-7-5-11-8(10)9(7)6(2)3/h4,6-7H,1,5H2,2-3H3. The number of carbonyl (C=O) groups excluding carboxylic acids is 1. The van der Waals surface area contributed by atoms with Gasteiger partial charge in [-0.3, -0.25) is 4.90 Å². The average Bonchev–Trinajstić information content (AvgIpc) is 2.30. The molecule has 1 rings (SSSR count). The van der Waals surface area contributed by atoms with Crippen molar-refractivity contribution in [2.24, 2.45) is 0 Å². The van der Waals surface area contributed by atoms with Crippen LogP contribution in [0.2, 0.25) is 0 Å². The third-order valence-corrected chi connectivity index (χ3v) is 1.77. The van der Waals surface area contributed by atoms with E-state index in [9.17, 15) is 4.79 Å². The Labute approximate surface area is 66.6 Å². The van der Waals surface area contributed by atoms with Crippen LogP contribution < -0.4 is 0 Å². The molecule has 0 aromatic carbocycles. The van der Waals surface area contributed by atoms with Crippen molar-refractivity contribution in [2.75, 3.05) is 6.61 Å². The maximum atomic E-state index is 11.0. The van der Waals surface area contributed by atoms with E-state index in [0.717, 1.165) is 0 Å². The molecule has 0 N–H and O–H groups in total. The van der Waals surface area contributed by atoms with Crippen molar-refractivity contribution < 1.29 is 9.53 Å². The second kappa shape index (κ2) is 2.95. The SMILES string of the molecule is C=CC1COC(=O)N1C(C)C. The summed E-state index contributed by atoms with van der Waals surface area (Å²) in [4.78, 5) is 12.7. The second-order valence-electron chi connectivity index (χ2n) is 2.88. The molecule has 1 aliphatic heterocycles. The van der Waals surface area contributed by atoms with Crippen molar-refractivity contribution in [2.45, 2.75) is 25.9 Å². The average molecular weight is 155 g/mol. The van der Waals surface area contributed by atoms with Crippen molar-refractivity contribution in [1.29, 1.82) is 0 Å². The largest absolute Gasteiger partial charge is 0.447 e. The smallest absolute Gasteiger partial charge is 0.410 e. The summed E-state index contributed by atoms with van der Waals surface area (Å²) in [6, 6.07) is 0.246. The lowest BCUT2D eigenvalue weighted by Gasteiger charge is -2.22. The highest BCUT2D eigenvalue weighted by Crippen LogP contribution is 2.15.